The lowest BCUT2D eigenvalue weighted by atomic mass is 10.2. The normalized spacial score (nSPS) is 15.3. The van der Waals surface area contributed by atoms with Gasteiger partial charge in [-0.1, -0.05) is 0 Å². The van der Waals surface area contributed by atoms with Gasteiger partial charge in [0.15, 0.2) is 0 Å². The molecule has 4 nitrogen and oxygen atoms in total. The van der Waals surface area contributed by atoms with Gasteiger partial charge in [-0.05, 0) is 26.8 Å². The Hall–Kier alpha value is -1.13. The van der Waals surface area contributed by atoms with Crippen molar-refractivity contribution in [3.8, 4) is 5.75 Å². The van der Waals surface area contributed by atoms with Crippen LogP contribution in [0.25, 0.3) is 0 Å². The molecule has 0 aromatic carbocycles. The standard InChI is InChI=1S/C13H21N3O/c1-10-7-13(11(8-14)9-15-10)17-6-5-16(2)12-3-4-12/h7,9,12H,3-6,8,14H2,1-2H3. The van der Waals surface area contributed by atoms with Crippen LogP contribution < -0.4 is 10.5 Å². The van der Waals surface area contributed by atoms with E-state index in [-0.39, 0.29) is 0 Å². The lowest BCUT2D eigenvalue weighted by molar-refractivity contribution is 0.230. The van der Waals surface area contributed by atoms with Crippen LogP contribution >= 0.6 is 0 Å². The SMILES string of the molecule is Cc1cc(OCCN(C)C2CC2)c(CN)cn1. The van der Waals surface area contributed by atoms with E-state index >= 15 is 0 Å². The highest BCUT2D eigenvalue weighted by molar-refractivity contribution is 5.32. The third kappa shape index (κ3) is 3.41. The molecule has 0 unspecified atom stereocenters. The molecular weight excluding hydrogens is 214 g/mol. The van der Waals surface area contributed by atoms with Gasteiger partial charge in [-0.25, -0.2) is 0 Å². The fourth-order valence-corrected chi connectivity index (χ4v) is 1.85. The highest BCUT2D eigenvalue weighted by Gasteiger charge is 2.25. The van der Waals surface area contributed by atoms with Gasteiger partial charge in [0.25, 0.3) is 0 Å². The fraction of sp³-hybridized carbons (Fsp3) is 0.615. The predicted molar refractivity (Wildman–Crippen MR) is 68.0 cm³/mol. The molecule has 1 fully saturated rings. The van der Waals surface area contributed by atoms with Gasteiger partial charge in [-0.3, -0.25) is 4.98 Å². The van der Waals surface area contributed by atoms with Gasteiger partial charge < -0.3 is 15.4 Å². The third-order valence-electron chi connectivity index (χ3n) is 3.17. The van der Waals surface area contributed by atoms with E-state index in [0.717, 1.165) is 29.6 Å². The summed E-state index contributed by atoms with van der Waals surface area (Å²) in [5.74, 6) is 0.879. The Bertz CT molecular complexity index is 377. The van der Waals surface area contributed by atoms with E-state index in [4.69, 9.17) is 10.5 Å². The van der Waals surface area contributed by atoms with Crippen molar-refractivity contribution in [3.05, 3.63) is 23.5 Å². The molecule has 0 spiro atoms. The van der Waals surface area contributed by atoms with Crippen LogP contribution in [0.4, 0.5) is 0 Å². The number of nitrogens with zero attached hydrogens (tertiary/aromatic N) is 2. The Balaban J connectivity index is 1.86. The smallest absolute Gasteiger partial charge is 0.127 e. The number of pyridine rings is 1. The second-order valence-corrected chi connectivity index (χ2v) is 4.70. The second kappa shape index (κ2) is 5.47. The monoisotopic (exact) mass is 235 g/mol. The quantitative estimate of drug-likeness (QED) is 0.808. The van der Waals surface area contributed by atoms with Gasteiger partial charge >= 0.3 is 0 Å². The zero-order valence-electron chi connectivity index (χ0n) is 10.6. The molecular formula is C13H21N3O. The molecule has 0 amide bonds. The van der Waals surface area contributed by atoms with Crippen LogP contribution in [0.2, 0.25) is 0 Å². The largest absolute Gasteiger partial charge is 0.492 e. The van der Waals surface area contributed by atoms with Crippen molar-refractivity contribution in [2.45, 2.75) is 32.4 Å². The summed E-state index contributed by atoms with van der Waals surface area (Å²) in [5, 5.41) is 0. The Morgan fingerprint density at radius 1 is 1.53 bits per heavy atom. The maximum absolute atomic E-state index is 5.80. The lowest BCUT2D eigenvalue weighted by Crippen LogP contribution is -2.26. The molecule has 1 aromatic rings. The zero-order chi connectivity index (χ0) is 12.3. The third-order valence-corrected chi connectivity index (χ3v) is 3.17. The van der Waals surface area contributed by atoms with Crippen LogP contribution in [0.5, 0.6) is 5.75 Å². The van der Waals surface area contributed by atoms with Gasteiger partial charge in [-0.15, -0.1) is 0 Å². The summed E-state index contributed by atoms with van der Waals surface area (Å²) in [5.41, 5.74) is 7.60. The Morgan fingerprint density at radius 3 is 2.94 bits per heavy atom. The molecule has 1 aromatic heterocycles. The number of aryl methyl sites for hydroxylation is 1. The molecule has 0 bridgehead atoms. The minimum atomic E-state index is 0.473. The summed E-state index contributed by atoms with van der Waals surface area (Å²) in [7, 11) is 2.16. The number of hydrogen-bond acceptors (Lipinski definition) is 4. The molecule has 1 aliphatic carbocycles. The summed E-state index contributed by atoms with van der Waals surface area (Å²) in [6.07, 6.45) is 4.47. The summed E-state index contributed by atoms with van der Waals surface area (Å²) in [4.78, 5) is 6.58. The summed E-state index contributed by atoms with van der Waals surface area (Å²) >= 11 is 0. The Labute approximate surface area is 103 Å². The molecule has 0 radical (unpaired) electrons. The highest BCUT2D eigenvalue weighted by atomic mass is 16.5. The number of hydrogen-bond donors (Lipinski definition) is 1. The first-order valence-electron chi connectivity index (χ1n) is 6.19. The average molecular weight is 235 g/mol. The van der Waals surface area contributed by atoms with Crippen LogP contribution in [0.15, 0.2) is 12.3 Å². The Kier molecular flexibility index (Phi) is 3.97. The topological polar surface area (TPSA) is 51.4 Å². The molecule has 17 heavy (non-hydrogen) atoms. The highest BCUT2D eigenvalue weighted by Crippen LogP contribution is 2.25. The van der Waals surface area contributed by atoms with Crippen LogP contribution in [-0.2, 0) is 6.54 Å². The summed E-state index contributed by atoms with van der Waals surface area (Å²) in [6, 6.07) is 2.74. The van der Waals surface area contributed by atoms with E-state index < -0.39 is 0 Å². The van der Waals surface area contributed by atoms with Crippen molar-refractivity contribution < 1.29 is 4.74 Å². The predicted octanol–water partition coefficient (Wildman–Crippen LogP) is 1.32. The van der Waals surface area contributed by atoms with Crippen molar-refractivity contribution in [2.75, 3.05) is 20.2 Å². The molecule has 1 saturated carbocycles. The van der Waals surface area contributed by atoms with Crippen molar-refractivity contribution >= 4 is 0 Å². The molecule has 1 heterocycles. The minimum absolute atomic E-state index is 0.473. The summed E-state index contributed by atoms with van der Waals surface area (Å²) < 4.78 is 5.80. The maximum Gasteiger partial charge on any atom is 0.127 e. The van der Waals surface area contributed by atoms with Crippen LogP contribution in [0, 0.1) is 6.92 Å². The van der Waals surface area contributed by atoms with Gasteiger partial charge in [0, 0.05) is 42.7 Å². The lowest BCUT2D eigenvalue weighted by Gasteiger charge is -2.17. The molecule has 2 N–H and O–H groups in total. The van der Waals surface area contributed by atoms with Crippen LogP contribution in [0.3, 0.4) is 0 Å². The van der Waals surface area contributed by atoms with E-state index in [1.54, 1.807) is 6.20 Å². The first kappa shape index (κ1) is 12.3. The molecule has 4 heteroatoms. The molecule has 2 rings (SSSR count). The maximum atomic E-state index is 5.80. The van der Waals surface area contributed by atoms with Crippen LogP contribution in [0.1, 0.15) is 24.1 Å². The van der Waals surface area contributed by atoms with E-state index in [2.05, 4.69) is 16.9 Å². The first-order chi connectivity index (χ1) is 8.20. The van der Waals surface area contributed by atoms with Gasteiger partial charge in [0.05, 0.1) is 0 Å². The van der Waals surface area contributed by atoms with E-state index in [0.29, 0.717) is 13.2 Å². The van der Waals surface area contributed by atoms with E-state index in [1.807, 2.05) is 13.0 Å². The molecule has 94 valence electrons. The number of ether oxygens (including phenoxy) is 1. The number of aromatic nitrogens is 1. The average Bonchev–Trinajstić information content (AvgIpc) is 3.13. The first-order valence-corrected chi connectivity index (χ1v) is 6.19. The van der Waals surface area contributed by atoms with Crippen molar-refractivity contribution in [3.63, 3.8) is 0 Å². The number of likely N-dealkylation sites (N-methyl/N-ethyl adjacent to an activating group) is 1. The molecule has 1 aliphatic rings. The second-order valence-electron chi connectivity index (χ2n) is 4.70. The fourth-order valence-electron chi connectivity index (χ4n) is 1.85. The van der Waals surface area contributed by atoms with E-state index in [1.165, 1.54) is 12.8 Å². The molecule has 0 saturated heterocycles. The van der Waals surface area contributed by atoms with Gasteiger partial charge in [-0.2, -0.15) is 0 Å². The van der Waals surface area contributed by atoms with Crippen molar-refractivity contribution in [2.24, 2.45) is 5.73 Å². The van der Waals surface area contributed by atoms with Crippen molar-refractivity contribution in [1.29, 1.82) is 0 Å². The molecule has 0 aliphatic heterocycles. The number of nitrogens with two attached hydrogens (primary N) is 1. The number of rotatable bonds is 6. The zero-order valence-corrected chi connectivity index (χ0v) is 10.6. The van der Waals surface area contributed by atoms with Crippen molar-refractivity contribution in [1.82, 2.24) is 9.88 Å². The minimum Gasteiger partial charge on any atom is -0.492 e. The van der Waals surface area contributed by atoms with E-state index in [9.17, 15) is 0 Å². The van der Waals surface area contributed by atoms with Gasteiger partial charge in [0.2, 0.25) is 0 Å². The Morgan fingerprint density at radius 2 is 2.29 bits per heavy atom. The summed E-state index contributed by atoms with van der Waals surface area (Å²) in [6.45, 7) is 4.12. The van der Waals surface area contributed by atoms with Crippen LogP contribution in [-0.4, -0.2) is 36.1 Å². The molecule has 0 atom stereocenters. The van der Waals surface area contributed by atoms with Gasteiger partial charge in [0.1, 0.15) is 12.4 Å².